The fourth-order valence-electron chi connectivity index (χ4n) is 3.58. The first kappa shape index (κ1) is 13.5. The molecule has 120 valence electrons. The number of hydrogen-bond donors (Lipinski definition) is 0. The van der Waals surface area contributed by atoms with Gasteiger partial charge in [0, 0.05) is 30.9 Å². The average Bonchev–Trinajstić information content (AvgIpc) is 3.29. The molecule has 0 N–H and O–H groups in total. The Morgan fingerprint density at radius 2 is 1.92 bits per heavy atom. The minimum atomic E-state index is 0.462. The third-order valence-electron chi connectivity index (χ3n) is 4.80. The Bertz CT molecular complexity index is 983. The van der Waals surface area contributed by atoms with E-state index in [9.17, 15) is 0 Å². The lowest BCUT2D eigenvalue weighted by Crippen LogP contribution is -2.35. The van der Waals surface area contributed by atoms with Crippen LogP contribution in [0.3, 0.4) is 0 Å². The number of nitrogens with zero attached hydrogens (tertiary/aromatic N) is 5. The fraction of sp³-hybridized carbons (Fsp3) is 0.278. The van der Waals surface area contributed by atoms with E-state index in [4.69, 9.17) is 4.42 Å². The first-order chi connectivity index (χ1) is 11.9. The van der Waals surface area contributed by atoms with E-state index < -0.39 is 0 Å². The molecule has 4 heterocycles. The molecule has 1 fully saturated rings. The highest BCUT2D eigenvalue weighted by Crippen LogP contribution is 2.34. The lowest BCUT2D eigenvalue weighted by atomic mass is 10.1. The maximum Gasteiger partial charge on any atom is 0.196 e. The molecule has 0 aliphatic carbocycles. The van der Waals surface area contributed by atoms with E-state index >= 15 is 0 Å². The number of rotatable bonds is 2. The molecule has 4 aromatic rings. The van der Waals surface area contributed by atoms with Crippen molar-refractivity contribution in [2.24, 2.45) is 0 Å². The topological polar surface area (TPSA) is 60.0 Å². The summed E-state index contributed by atoms with van der Waals surface area (Å²) < 4.78 is 8.12. The number of para-hydroxylation sites is 1. The van der Waals surface area contributed by atoms with Crippen LogP contribution in [0.5, 0.6) is 0 Å². The third-order valence-corrected chi connectivity index (χ3v) is 4.80. The molecule has 0 bridgehead atoms. The smallest absolute Gasteiger partial charge is 0.196 e. The van der Waals surface area contributed by atoms with Crippen LogP contribution in [0, 0.1) is 0 Å². The molecular formula is C18H17N5O. The van der Waals surface area contributed by atoms with Gasteiger partial charge in [-0.15, -0.1) is 0 Å². The quantitative estimate of drug-likeness (QED) is 0.566. The SMILES string of the molecule is c1ccc2c(c1)oc1c(N3CCC(n4cccn4)CC3)ncnc12. The molecule has 1 saturated heterocycles. The first-order valence-corrected chi connectivity index (χ1v) is 8.26. The predicted octanol–water partition coefficient (Wildman–Crippen LogP) is 3.41. The van der Waals surface area contributed by atoms with Gasteiger partial charge in [-0.05, 0) is 31.0 Å². The van der Waals surface area contributed by atoms with Crippen molar-refractivity contribution in [3.05, 3.63) is 49.1 Å². The molecule has 0 spiro atoms. The van der Waals surface area contributed by atoms with E-state index in [2.05, 4.69) is 24.6 Å². The number of furan rings is 1. The van der Waals surface area contributed by atoms with Gasteiger partial charge in [-0.1, -0.05) is 12.1 Å². The minimum absolute atomic E-state index is 0.462. The second-order valence-electron chi connectivity index (χ2n) is 6.18. The summed E-state index contributed by atoms with van der Waals surface area (Å²) >= 11 is 0. The number of benzene rings is 1. The van der Waals surface area contributed by atoms with Crippen LogP contribution in [0.4, 0.5) is 5.82 Å². The summed E-state index contributed by atoms with van der Waals surface area (Å²) in [5.74, 6) is 0.898. The lowest BCUT2D eigenvalue weighted by molar-refractivity contribution is 0.366. The molecule has 1 aromatic carbocycles. The molecule has 24 heavy (non-hydrogen) atoms. The standard InChI is InChI=1S/C18H17N5O/c1-2-5-15-14(4-1)16-17(24-15)18(20-12-19-16)22-10-6-13(7-11-22)23-9-3-8-21-23/h1-5,8-9,12-13H,6-7,10-11H2. The van der Waals surface area contributed by atoms with Crippen molar-refractivity contribution in [1.82, 2.24) is 19.7 Å². The Labute approximate surface area is 138 Å². The second kappa shape index (κ2) is 5.33. The molecule has 0 unspecified atom stereocenters. The summed E-state index contributed by atoms with van der Waals surface area (Å²) in [7, 11) is 0. The molecule has 5 rings (SSSR count). The summed E-state index contributed by atoms with van der Waals surface area (Å²) in [6.45, 7) is 1.88. The van der Waals surface area contributed by atoms with E-state index in [1.165, 1.54) is 0 Å². The molecule has 3 aromatic heterocycles. The molecule has 1 aliphatic rings. The van der Waals surface area contributed by atoms with Crippen LogP contribution in [0.2, 0.25) is 0 Å². The Morgan fingerprint density at radius 3 is 2.75 bits per heavy atom. The average molecular weight is 319 g/mol. The van der Waals surface area contributed by atoms with Gasteiger partial charge in [-0.3, -0.25) is 4.68 Å². The van der Waals surface area contributed by atoms with Gasteiger partial charge in [0.2, 0.25) is 0 Å². The van der Waals surface area contributed by atoms with Crippen LogP contribution >= 0.6 is 0 Å². The maximum absolute atomic E-state index is 6.05. The van der Waals surface area contributed by atoms with Gasteiger partial charge in [-0.25, -0.2) is 9.97 Å². The Kier molecular flexibility index (Phi) is 3.01. The van der Waals surface area contributed by atoms with Crippen molar-refractivity contribution < 1.29 is 4.42 Å². The molecule has 6 heteroatoms. The number of fused-ring (bicyclic) bond motifs is 3. The molecule has 0 saturated carbocycles. The first-order valence-electron chi connectivity index (χ1n) is 8.26. The van der Waals surface area contributed by atoms with Gasteiger partial charge in [0.25, 0.3) is 0 Å². The highest BCUT2D eigenvalue weighted by Gasteiger charge is 2.24. The summed E-state index contributed by atoms with van der Waals surface area (Å²) in [5.41, 5.74) is 2.54. The molecule has 6 nitrogen and oxygen atoms in total. The van der Waals surface area contributed by atoms with Crippen LogP contribution in [0.25, 0.3) is 22.1 Å². The van der Waals surface area contributed by atoms with Crippen LogP contribution in [0.1, 0.15) is 18.9 Å². The number of anilines is 1. The minimum Gasteiger partial charge on any atom is -0.450 e. The van der Waals surface area contributed by atoms with Crippen LogP contribution < -0.4 is 4.90 Å². The Morgan fingerprint density at radius 1 is 1.04 bits per heavy atom. The van der Waals surface area contributed by atoms with Crippen LogP contribution in [-0.2, 0) is 0 Å². The summed E-state index contributed by atoms with van der Waals surface area (Å²) in [4.78, 5) is 11.2. The van der Waals surface area contributed by atoms with E-state index in [1.54, 1.807) is 6.33 Å². The van der Waals surface area contributed by atoms with E-state index in [-0.39, 0.29) is 0 Å². The van der Waals surface area contributed by atoms with E-state index in [0.717, 1.165) is 53.8 Å². The molecule has 0 atom stereocenters. The van der Waals surface area contributed by atoms with Gasteiger partial charge in [0.1, 0.15) is 17.4 Å². The zero-order valence-electron chi connectivity index (χ0n) is 13.2. The zero-order valence-corrected chi connectivity index (χ0v) is 13.2. The largest absolute Gasteiger partial charge is 0.450 e. The predicted molar refractivity (Wildman–Crippen MR) is 92.0 cm³/mol. The third kappa shape index (κ3) is 2.06. The van der Waals surface area contributed by atoms with Gasteiger partial charge in [-0.2, -0.15) is 5.10 Å². The van der Waals surface area contributed by atoms with Crippen molar-refractivity contribution in [3.63, 3.8) is 0 Å². The van der Waals surface area contributed by atoms with E-state index in [1.807, 2.05) is 42.7 Å². The Hall–Kier alpha value is -2.89. The van der Waals surface area contributed by atoms with Gasteiger partial charge in [0.05, 0.1) is 6.04 Å². The normalized spacial score (nSPS) is 16.2. The molecule has 0 amide bonds. The summed E-state index contributed by atoms with van der Waals surface area (Å²) in [5, 5.41) is 5.41. The highest BCUT2D eigenvalue weighted by atomic mass is 16.3. The molecular weight excluding hydrogens is 302 g/mol. The molecule has 1 aliphatic heterocycles. The number of aromatic nitrogens is 4. The lowest BCUT2D eigenvalue weighted by Gasteiger charge is -2.32. The highest BCUT2D eigenvalue weighted by molar-refractivity contribution is 6.05. The second-order valence-corrected chi connectivity index (χ2v) is 6.18. The number of piperidine rings is 1. The molecule has 0 radical (unpaired) electrons. The number of hydrogen-bond acceptors (Lipinski definition) is 5. The van der Waals surface area contributed by atoms with Gasteiger partial charge < -0.3 is 9.32 Å². The van der Waals surface area contributed by atoms with Crippen molar-refractivity contribution >= 4 is 27.9 Å². The van der Waals surface area contributed by atoms with Gasteiger partial charge >= 0.3 is 0 Å². The van der Waals surface area contributed by atoms with Crippen molar-refractivity contribution in [3.8, 4) is 0 Å². The van der Waals surface area contributed by atoms with Crippen LogP contribution in [-0.4, -0.2) is 32.8 Å². The van der Waals surface area contributed by atoms with E-state index in [0.29, 0.717) is 6.04 Å². The fourth-order valence-corrected chi connectivity index (χ4v) is 3.58. The summed E-state index contributed by atoms with van der Waals surface area (Å²) in [6.07, 6.45) is 7.62. The van der Waals surface area contributed by atoms with Crippen molar-refractivity contribution in [2.75, 3.05) is 18.0 Å². The van der Waals surface area contributed by atoms with Gasteiger partial charge in [0.15, 0.2) is 11.4 Å². The van der Waals surface area contributed by atoms with Crippen LogP contribution in [0.15, 0.2) is 53.5 Å². The van der Waals surface area contributed by atoms with Crippen molar-refractivity contribution in [2.45, 2.75) is 18.9 Å². The summed E-state index contributed by atoms with van der Waals surface area (Å²) in [6, 6.07) is 10.5. The Balaban J connectivity index is 1.49. The van der Waals surface area contributed by atoms with Crippen molar-refractivity contribution in [1.29, 1.82) is 0 Å². The maximum atomic E-state index is 6.05. The monoisotopic (exact) mass is 319 g/mol. The zero-order chi connectivity index (χ0) is 15.9.